The fourth-order valence-corrected chi connectivity index (χ4v) is 3.78. The molecule has 2 N–H and O–H groups in total. The molecule has 1 saturated carbocycles. The first-order valence-corrected chi connectivity index (χ1v) is 8.99. The van der Waals surface area contributed by atoms with Gasteiger partial charge in [0.25, 0.3) is 0 Å². The van der Waals surface area contributed by atoms with Crippen LogP contribution in [0.15, 0.2) is 12.2 Å². The topological polar surface area (TPSA) is 69.6 Å². The average Bonchev–Trinajstić information content (AvgIpc) is 3.38. The predicted octanol–water partition coefficient (Wildman–Crippen LogP) is 2.04. The minimum absolute atomic E-state index is 0.297. The summed E-state index contributed by atoms with van der Waals surface area (Å²) in [6.45, 7) is 4.09. The summed E-state index contributed by atoms with van der Waals surface area (Å²) in [5.41, 5.74) is -1.25. The highest BCUT2D eigenvalue weighted by Gasteiger charge is 2.45. The van der Waals surface area contributed by atoms with Crippen LogP contribution in [0.2, 0.25) is 0 Å². The number of likely N-dealkylation sites (tertiary alicyclic amines) is 1. The number of hydrogen-bond acceptors (Lipinski definition) is 3. The van der Waals surface area contributed by atoms with E-state index in [1.165, 1.54) is 19.4 Å². The van der Waals surface area contributed by atoms with Crippen molar-refractivity contribution in [3.63, 3.8) is 0 Å². The first-order chi connectivity index (χ1) is 11.1. The fraction of sp³-hybridized carbons (Fsp3) is 0.778. The lowest BCUT2D eigenvalue weighted by atomic mass is 9.76. The molecule has 128 valence electrons. The van der Waals surface area contributed by atoms with E-state index in [4.69, 9.17) is 0 Å². The van der Waals surface area contributed by atoms with E-state index in [9.17, 15) is 14.7 Å². The van der Waals surface area contributed by atoms with Gasteiger partial charge in [-0.15, -0.1) is 0 Å². The number of nitrogens with one attached hydrogen (secondary N) is 1. The Hall–Kier alpha value is -1.36. The molecule has 5 heteroatoms. The summed E-state index contributed by atoms with van der Waals surface area (Å²) in [5.74, 6) is 0.133. The van der Waals surface area contributed by atoms with E-state index in [0.717, 1.165) is 31.8 Å². The largest absolute Gasteiger partial charge is 0.480 e. The number of rotatable bonds is 6. The maximum atomic E-state index is 12.5. The highest BCUT2D eigenvalue weighted by molar-refractivity contribution is 6.02. The van der Waals surface area contributed by atoms with Crippen molar-refractivity contribution in [2.45, 2.75) is 44.9 Å². The van der Waals surface area contributed by atoms with E-state index < -0.39 is 11.4 Å². The Morgan fingerprint density at radius 2 is 1.87 bits per heavy atom. The van der Waals surface area contributed by atoms with Gasteiger partial charge in [-0.05, 0) is 69.9 Å². The molecule has 5 nitrogen and oxygen atoms in total. The highest BCUT2D eigenvalue weighted by Crippen LogP contribution is 2.34. The third-order valence-electron chi connectivity index (χ3n) is 5.69. The van der Waals surface area contributed by atoms with Crippen molar-refractivity contribution < 1.29 is 14.7 Å². The van der Waals surface area contributed by atoms with Gasteiger partial charge in [0, 0.05) is 13.1 Å². The summed E-state index contributed by atoms with van der Waals surface area (Å²) in [6.07, 6.45) is 10.2. The van der Waals surface area contributed by atoms with E-state index in [1.54, 1.807) is 0 Å². The molecule has 0 spiro atoms. The minimum Gasteiger partial charge on any atom is -0.480 e. The molecule has 2 fully saturated rings. The molecule has 23 heavy (non-hydrogen) atoms. The molecule has 0 radical (unpaired) electrons. The minimum atomic E-state index is -1.25. The van der Waals surface area contributed by atoms with Crippen LogP contribution in [0.5, 0.6) is 0 Å². The number of carboxylic acids is 1. The van der Waals surface area contributed by atoms with Crippen molar-refractivity contribution in [3.8, 4) is 0 Å². The van der Waals surface area contributed by atoms with Crippen LogP contribution >= 0.6 is 0 Å². The highest BCUT2D eigenvalue weighted by atomic mass is 16.4. The fourth-order valence-electron chi connectivity index (χ4n) is 3.78. The van der Waals surface area contributed by atoms with Crippen LogP contribution in [0.3, 0.4) is 0 Å². The van der Waals surface area contributed by atoms with Crippen LogP contribution < -0.4 is 5.32 Å². The van der Waals surface area contributed by atoms with Gasteiger partial charge in [0.2, 0.25) is 5.91 Å². The molecule has 0 aromatic rings. The third kappa shape index (κ3) is 3.94. The molecule has 3 aliphatic rings. The zero-order chi connectivity index (χ0) is 16.3. The molecule has 1 heterocycles. The number of carbonyl (C=O) groups excluding carboxylic acids is 1. The molecule has 0 aromatic carbocycles. The SMILES string of the molecule is O=C(O)C1(C(=O)NCC2CCN(CC3CC3)CC2)CC=CCC1. The number of hydrogen-bond donors (Lipinski definition) is 2. The molecular formula is C18H28N2O3. The Morgan fingerprint density at radius 3 is 2.43 bits per heavy atom. The summed E-state index contributed by atoms with van der Waals surface area (Å²) in [6, 6.07) is 0. The number of aliphatic carboxylic acids is 1. The zero-order valence-electron chi connectivity index (χ0n) is 13.8. The van der Waals surface area contributed by atoms with Crippen LogP contribution in [0.1, 0.15) is 44.9 Å². The molecule has 1 aliphatic heterocycles. The Balaban J connectivity index is 1.45. The van der Waals surface area contributed by atoms with Crippen LogP contribution in [0.4, 0.5) is 0 Å². The van der Waals surface area contributed by atoms with Gasteiger partial charge in [0.1, 0.15) is 5.41 Å². The van der Waals surface area contributed by atoms with Crippen molar-refractivity contribution in [1.29, 1.82) is 0 Å². The van der Waals surface area contributed by atoms with Gasteiger partial charge < -0.3 is 15.3 Å². The summed E-state index contributed by atoms with van der Waals surface area (Å²) in [5, 5.41) is 12.5. The molecule has 0 bridgehead atoms. The second kappa shape index (κ2) is 7.04. The Morgan fingerprint density at radius 1 is 1.13 bits per heavy atom. The van der Waals surface area contributed by atoms with Gasteiger partial charge >= 0.3 is 5.97 Å². The predicted molar refractivity (Wildman–Crippen MR) is 88.0 cm³/mol. The maximum Gasteiger partial charge on any atom is 0.319 e. The lowest BCUT2D eigenvalue weighted by Gasteiger charge is -2.33. The molecular weight excluding hydrogens is 292 g/mol. The zero-order valence-corrected chi connectivity index (χ0v) is 13.8. The molecule has 1 atom stereocenters. The van der Waals surface area contributed by atoms with Gasteiger partial charge in [0.15, 0.2) is 0 Å². The van der Waals surface area contributed by atoms with Crippen molar-refractivity contribution in [3.05, 3.63) is 12.2 Å². The van der Waals surface area contributed by atoms with Crippen LogP contribution in [-0.2, 0) is 9.59 Å². The van der Waals surface area contributed by atoms with Crippen molar-refractivity contribution in [2.75, 3.05) is 26.2 Å². The monoisotopic (exact) mass is 320 g/mol. The van der Waals surface area contributed by atoms with Gasteiger partial charge in [-0.1, -0.05) is 12.2 Å². The molecule has 1 saturated heterocycles. The molecule has 1 amide bonds. The van der Waals surface area contributed by atoms with Crippen molar-refractivity contribution in [1.82, 2.24) is 10.2 Å². The number of carboxylic acid groups (broad SMARTS) is 1. The summed E-state index contributed by atoms with van der Waals surface area (Å²) in [7, 11) is 0. The Labute approximate surface area is 138 Å². The van der Waals surface area contributed by atoms with E-state index in [2.05, 4.69) is 10.2 Å². The van der Waals surface area contributed by atoms with E-state index in [-0.39, 0.29) is 5.91 Å². The molecule has 0 aromatic heterocycles. The first-order valence-electron chi connectivity index (χ1n) is 8.99. The van der Waals surface area contributed by atoms with E-state index in [0.29, 0.717) is 31.7 Å². The second-order valence-corrected chi connectivity index (χ2v) is 7.50. The van der Waals surface area contributed by atoms with Gasteiger partial charge in [0.05, 0.1) is 0 Å². The molecule has 1 unspecified atom stereocenters. The smallest absolute Gasteiger partial charge is 0.319 e. The second-order valence-electron chi connectivity index (χ2n) is 7.50. The van der Waals surface area contributed by atoms with Crippen LogP contribution in [-0.4, -0.2) is 48.1 Å². The number of nitrogens with zero attached hydrogens (tertiary/aromatic N) is 1. The molecule has 2 aliphatic carbocycles. The van der Waals surface area contributed by atoms with Gasteiger partial charge in [-0.25, -0.2) is 0 Å². The van der Waals surface area contributed by atoms with Gasteiger partial charge in [-0.2, -0.15) is 0 Å². The average molecular weight is 320 g/mol. The Kier molecular flexibility index (Phi) is 5.05. The number of allylic oxidation sites excluding steroid dienone is 2. The molecule has 3 rings (SSSR count). The lowest BCUT2D eigenvalue weighted by molar-refractivity contribution is -0.156. The number of piperidine rings is 1. The first kappa shape index (κ1) is 16.5. The van der Waals surface area contributed by atoms with Gasteiger partial charge in [-0.3, -0.25) is 9.59 Å². The summed E-state index contributed by atoms with van der Waals surface area (Å²) < 4.78 is 0. The van der Waals surface area contributed by atoms with E-state index in [1.807, 2.05) is 12.2 Å². The van der Waals surface area contributed by atoms with Crippen LogP contribution in [0.25, 0.3) is 0 Å². The normalized spacial score (nSPS) is 29.4. The lowest BCUT2D eigenvalue weighted by Crippen LogP contribution is -2.49. The Bertz CT molecular complexity index is 479. The van der Waals surface area contributed by atoms with Crippen molar-refractivity contribution >= 4 is 11.9 Å². The summed E-state index contributed by atoms with van der Waals surface area (Å²) in [4.78, 5) is 26.6. The van der Waals surface area contributed by atoms with Crippen molar-refractivity contribution in [2.24, 2.45) is 17.3 Å². The number of carbonyl (C=O) groups is 2. The summed E-state index contributed by atoms with van der Waals surface area (Å²) >= 11 is 0. The quantitative estimate of drug-likeness (QED) is 0.580. The third-order valence-corrected chi connectivity index (χ3v) is 5.69. The number of amides is 1. The van der Waals surface area contributed by atoms with Crippen LogP contribution in [0, 0.1) is 17.3 Å². The standard InChI is InChI=1S/C18H28N2O3/c21-16(18(17(22)23)8-2-1-3-9-18)19-12-14-6-10-20(11-7-14)13-15-4-5-15/h1-2,14-15H,3-13H2,(H,19,21)(H,22,23). The van der Waals surface area contributed by atoms with E-state index >= 15 is 0 Å². The maximum absolute atomic E-state index is 12.5.